The van der Waals surface area contributed by atoms with Crippen molar-refractivity contribution in [2.24, 2.45) is 0 Å². The van der Waals surface area contributed by atoms with E-state index < -0.39 is 0 Å². The summed E-state index contributed by atoms with van der Waals surface area (Å²) in [5.41, 5.74) is 0. The molecule has 0 bridgehead atoms. The number of nitrogens with one attached hydrogen (secondary N) is 2. The Kier molecular flexibility index (Phi) is 3.12. The Labute approximate surface area is 62.1 Å². The van der Waals surface area contributed by atoms with Crippen molar-refractivity contribution in [2.75, 3.05) is 26.8 Å². The fourth-order valence-electron chi connectivity index (χ4n) is 1.03. The number of likely N-dealkylation sites (N-methyl/N-ethyl adjacent to an activating group) is 1. The van der Waals surface area contributed by atoms with Crippen molar-refractivity contribution in [1.82, 2.24) is 10.6 Å². The van der Waals surface area contributed by atoms with Gasteiger partial charge in [0.25, 0.3) is 0 Å². The van der Waals surface area contributed by atoms with E-state index in [9.17, 15) is 0 Å². The molecule has 1 heterocycles. The van der Waals surface area contributed by atoms with Crippen LogP contribution in [0.3, 0.4) is 0 Å². The second-order valence-corrected chi connectivity index (χ2v) is 2.83. The van der Waals surface area contributed by atoms with Gasteiger partial charge in [-0.2, -0.15) is 0 Å². The van der Waals surface area contributed by atoms with Crippen LogP contribution in [-0.2, 0) is 4.74 Å². The molecule has 3 heteroatoms. The summed E-state index contributed by atoms with van der Waals surface area (Å²) in [5, 5.41) is 6.53. The molecule has 0 amide bonds. The summed E-state index contributed by atoms with van der Waals surface area (Å²) in [6.07, 6.45) is 0. The predicted molar refractivity (Wildman–Crippen MR) is 41.1 cm³/mol. The third-order valence-electron chi connectivity index (χ3n) is 1.81. The Bertz CT molecular complexity index is 97.6. The van der Waals surface area contributed by atoms with Gasteiger partial charge in [0.15, 0.2) is 0 Å². The van der Waals surface area contributed by atoms with Crippen molar-refractivity contribution in [3.63, 3.8) is 0 Å². The third kappa shape index (κ3) is 2.25. The van der Waals surface area contributed by atoms with Crippen LogP contribution in [0.2, 0.25) is 0 Å². The maximum absolute atomic E-state index is 5.39. The van der Waals surface area contributed by atoms with Gasteiger partial charge in [-0.05, 0) is 14.0 Å². The van der Waals surface area contributed by atoms with E-state index in [0.717, 1.165) is 19.8 Å². The summed E-state index contributed by atoms with van der Waals surface area (Å²) < 4.78 is 5.39. The van der Waals surface area contributed by atoms with Crippen molar-refractivity contribution >= 4 is 0 Å². The number of hydrogen-bond acceptors (Lipinski definition) is 3. The van der Waals surface area contributed by atoms with Gasteiger partial charge in [0.2, 0.25) is 0 Å². The fourth-order valence-corrected chi connectivity index (χ4v) is 1.03. The monoisotopic (exact) mass is 144 g/mol. The van der Waals surface area contributed by atoms with Gasteiger partial charge in [0.05, 0.1) is 13.2 Å². The molecule has 1 saturated heterocycles. The van der Waals surface area contributed by atoms with Crippen molar-refractivity contribution in [3.05, 3.63) is 0 Å². The minimum absolute atomic E-state index is 0.477. The van der Waals surface area contributed by atoms with E-state index in [1.165, 1.54) is 0 Å². The molecule has 60 valence electrons. The molecule has 0 aromatic rings. The lowest BCUT2D eigenvalue weighted by molar-refractivity contribution is 0.122. The minimum atomic E-state index is 0.477. The molecule has 0 aromatic heterocycles. The van der Waals surface area contributed by atoms with Crippen molar-refractivity contribution in [1.29, 1.82) is 0 Å². The Balaban J connectivity index is 2.26. The van der Waals surface area contributed by atoms with Gasteiger partial charge in [-0.25, -0.2) is 0 Å². The van der Waals surface area contributed by atoms with Crippen LogP contribution in [0.15, 0.2) is 0 Å². The standard InChI is InChI=1S/C7H16N2O/c1-6-4-10-5-7(8-2)3-9-6/h6-9H,3-5H2,1-2H3. The molecular weight excluding hydrogens is 128 g/mol. The smallest absolute Gasteiger partial charge is 0.0632 e. The summed E-state index contributed by atoms with van der Waals surface area (Å²) in [4.78, 5) is 0. The van der Waals surface area contributed by atoms with Crippen LogP contribution in [0.1, 0.15) is 6.92 Å². The molecule has 3 nitrogen and oxygen atoms in total. The molecule has 1 fully saturated rings. The molecule has 0 spiro atoms. The van der Waals surface area contributed by atoms with Crippen LogP contribution in [0.25, 0.3) is 0 Å². The van der Waals surface area contributed by atoms with E-state index in [1.54, 1.807) is 0 Å². The summed E-state index contributed by atoms with van der Waals surface area (Å²) in [5.74, 6) is 0. The van der Waals surface area contributed by atoms with Crippen LogP contribution in [-0.4, -0.2) is 38.9 Å². The fraction of sp³-hybridized carbons (Fsp3) is 1.00. The van der Waals surface area contributed by atoms with E-state index in [2.05, 4.69) is 17.6 Å². The molecular formula is C7H16N2O. The molecule has 2 N–H and O–H groups in total. The summed E-state index contributed by atoms with van der Waals surface area (Å²) in [6, 6.07) is 0.975. The van der Waals surface area contributed by atoms with Gasteiger partial charge < -0.3 is 15.4 Å². The highest BCUT2D eigenvalue weighted by Crippen LogP contribution is 1.93. The first kappa shape index (κ1) is 7.98. The first-order valence-electron chi connectivity index (χ1n) is 3.81. The normalized spacial score (nSPS) is 35.4. The predicted octanol–water partition coefficient (Wildman–Crippen LogP) is -0.417. The van der Waals surface area contributed by atoms with E-state index in [0.29, 0.717) is 12.1 Å². The second kappa shape index (κ2) is 3.91. The topological polar surface area (TPSA) is 33.3 Å². The number of hydrogen-bond donors (Lipinski definition) is 2. The van der Waals surface area contributed by atoms with E-state index in [-0.39, 0.29) is 0 Å². The lowest BCUT2D eigenvalue weighted by Crippen LogP contribution is -2.39. The van der Waals surface area contributed by atoms with E-state index in [1.807, 2.05) is 7.05 Å². The number of rotatable bonds is 1. The maximum Gasteiger partial charge on any atom is 0.0632 e. The van der Waals surface area contributed by atoms with Gasteiger partial charge in [0.1, 0.15) is 0 Å². The molecule has 0 saturated carbocycles. The molecule has 10 heavy (non-hydrogen) atoms. The molecule has 0 aromatic carbocycles. The lowest BCUT2D eigenvalue weighted by atomic mass is 10.3. The molecule has 1 aliphatic rings. The van der Waals surface area contributed by atoms with Crippen LogP contribution in [0.5, 0.6) is 0 Å². The maximum atomic E-state index is 5.39. The molecule has 2 unspecified atom stereocenters. The minimum Gasteiger partial charge on any atom is -0.378 e. The second-order valence-electron chi connectivity index (χ2n) is 2.83. The Morgan fingerprint density at radius 3 is 3.00 bits per heavy atom. The zero-order valence-electron chi connectivity index (χ0n) is 6.68. The lowest BCUT2D eigenvalue weighted by Gasteiger charge is -2.11. The van der Waals surface area contributed by atoms with Crippen LogP contribution >= 0.6 is 0 Å². The van der Waals surface area contributed by atoms with Gasteiger partial charge in [-0.3, -0.25) is 0 Å². The summed E-state index contributed by atoms with van der Waals surface area (Å²) in [6.45, 7) is 4.81. The number of ether oxygens (including phenoxy) is 1. The van der Waals surface area contributed by atoms with Gasteiger partial charge in [-0.1, -0.05) is 0 Å². The van der Waals surface area contributed by atoms with Gasteiger partial charge in [0, 0.05) is 18.6 Å². The van der Waals surface area contributed by atoms with Crippen molar-refractivity contribution < 1.29 is 4.74 Å². The third-order valence-corrected chi connectivity index (χ3v) is 1.81. The van der Waals surface area contributed by atoms with Gasteiger partial charge >= 0.3 is 0 Å². The molecule has 0 radical (unpaired) electrons. The first-order chi connectivity index (χ1) is 4.83. The SMILES string of the molecule is CNC1CNC(C)COC1. The Hall–Kier alpha value is -0.120. The van der Waals surface area contributed by atoms with Crippen molar-refractivity contribution in [2.45, 2.75) is 19.0 Å². The zero-order chi connectivity index (χ0) is 7.40. The van der Waals surface area contributed by atoms with Crippen molar-refractivity contribution in [3.8, 4) is 0 Å². The Morgan fingerprint density at radius 1 is 1.50 bits per heavy atom. The van der Waals surface area contributed by atoms with Gasteiger partial charge in [-0.15, -0.1) is 0 Å². The summed E-state index contributed by atoms with van der Waals surface area (Å²) in [7, 11) is 1.96. The average molecular weight is 144 g/mol. The van der Waals surface area contributed by atoms with Crippen LogP contribution < -0.4 is 10.6 Å². The highest BCUT2D eigenvalue weighted by Gasteiger charge is 2.12. The Morgan fingerprint density at radius 2 is 2.30 bits per heavy atom. The quantitative estimate of drug-likeness (QED) is 0.524. The average Bonchev–Trinajstić information content (AvgIpc) is 2.14. The molecule has 1 rings (SSSR count). The largest absolute Gasteiger partial charge is 0.378 e. The first-order valence-corrected chi connectivity index (χ1v) is 3.81. The zero-order valence-corrected chi connectivity index (χ0v) is 6.68. The summed E-state index contributed by atoms with van der Waals surface area (Å²) >= 11 is 0. The van der Waals surface area contributed by atoms with Crippen LogP contribution in [0, 0.1) is 0 Å². The van der Waals surface area contributed by atoms with E-state index >= 15 is 0 Å². The molecule has 2 atom stereocenters. The molecule has 0 aliphatic carbocycles. The van der Waals surface area contributed by atoms with E-state index in [4.69, 9.17) is 4.74 Å². The highest BCUT2D eigenvalue weighted by atomic mass is 16.5. The van der Waals surface area contributed by atoms with Crippen LogP contribution in [0.4, 0.5) is 0 Å². The molecule has 1 aliphatic heterocycles. The highest BCUT2D eigenvalue weighted by molar-refractivity contribution is 4.73.